The second-order valence-corrected chi connectivity index (χ2v) is 9.30. The molecule has 3 fully saturated rings. The van der Waals surface area contributed by atoms with Crippen LogP contribution in [0.25, 0.3) is 10.8 Å². The number of non-ortho nitro benzene ring substituents is 1. The van der Waals surface area contributed by atoms with Gasteiger partial charge in [0.2, 0.25) is 0 Å². The number of likely N-dealkylation sites (tertiary alicyclic amines) is 1. The summed E-state index contributed by atoms with van der Waals surface area (Å²) in [5, 5.41) is 12.2. The third kappa shape index (κ3) is 2.82. The van der Waals surface area contributed by atoms with Crippen LogP contribution in [0.2, 0.25) is 0 Å². The topological polar surface area (TPSA) is 113 Å². The van der Waals surface area contributed by atoms with E-state index in [0.29, 0.717) is 29.4 Å². The Hall–Kier alpha value is -3.69. The number of imide groups is 1. The first kappa shape index (κ1) is 20.2. The molecular formula is C22H22N4O6. The zero-order chi connectivity index (χ0) is 22.9. The van der Waals surface area contributed by atoms with Crippen LogP contribution in [0.5, 0.6) is 0 Å². The van der Waals surface area contributed by atoms with Crippen LogP contribution in [-0.4, -0.2) is 63.0 Å². The van der Waals surface area contributed by atoms with E-state index >= 15 is 0 Å². The number of anilines is 1. The van der Waals surface area contributed by atoms with Gasteiger partial charge in [0.1, 0.15) is 11.6 Å². The van der Waals surface area contributed by atoms with Gasteiger partial charge >= 0.3 is 12.1 Å². The quantitative estimate of drug-likeness (QED) is 0.404. The Bertz CT molecular complexity index is 1190. The molecule has 5 rings (SSSR count). The number of nitrogens with zero attached hydrogens (tertiary/aromatic N) is 4. The number of hydrogen-bond donors (Lipinski definition) is 0. The van der Waals surface area contributed by atoms with E-state index in [4.69, 9.17) is 4.74 Å². The lowest BCUT2D eigenvalue weighted by Crippen LogP contribution is -2.55. The fourth-order valence-corrected chi connectivity index (χ4v) is 5.03. The molecule has 0 N–H and O–H groups in total. The standard InChI is InChI=1S/C22H22N4O6/c1-22(2,3)32-21(29)23-11-12-10-17(23)18-19(27)25(20(28)24(12)18)15-8-9-16(26(30)31)14-7-5-4-6-13(14)15/h4-9,12,17-18H,10-11H2,1-3H3/t12?,17?,18-/m0/s1. The number of rotatable bonds is 2. The van der Waals surface area contributed by atoms with Gasteiger partial charge in [0, 0.05) is 18.0 Å². The van der Waals surface area contributed by atoms with Crippen LogP contribution in [0.3, 0.4) is 0 Å². The maximum absolute atomic E-state index is 13.5. The molecule has 3 aliphatic rings. The number of nitro groups is 1. The molecule has 0 saturated carbocycles. The van der Waals surface area contributed by atoms with E-state index in [1.807, 2.05) is 0 Å². The van der Waals surface area contributed by atoms with Gasteiger partial charge in [-0.2, -0.15) is 0 Å². The molecule has 3 saturated heterocycles. The van der Waals surface area contributed by atoms with Gasteiger partial charge in [-0.1, -0.05) is 18.2 Å². The van der Waals surface area contributed by atoms with Crippen molar-refractivity contribution < 1.29 is 24.0 Å². The minimum Gasteiger partial charge on any atom is -0.444 e. The van der Waals surface area contributed by atoms with Gasteiger partial charge in [-0.05, 0) is 39.3 Å². The second kappa shape index (κ2) is 6.65. The van der Waals surface area contributed by atoms with Crippen molar-refractivity contribution in [3.05, 3.63) is 46.5 Å². The third-order valence-electron chi connectivity index (χ3n) is 6.21. The molecule has 2 aromatic rings. The number of hydrogen-bond acceptors (Lipinski definition) is 6. The SMILES string of the molecule is CC(C)(C)OC(=O)N1CC2CC1[C@H]1C(=O)N(c3ccc([N+](=O)[O-])c4ccccc34)C(=O)N21. The molecule has 0 spiro atoms. The zero-order valence-corrected chi connectivity index (χ0v) is 17.8. The molecule has 10 nitrogen and oxygen atoms in total. The van der Waals surface area contributed by atoms with Crippen LogP contribution in [0.1, 0.15) is 27.2 Å². The summed E-state index contributed by atoms with van der Waals surface area (Å²) in [4.78, 5) is 54.6. The van der Waals surface area contributed by atoms with Crippen molar-refractivity contribution in [2.45, 2.75) is 50.9 Å². The number of amides is 4. The molecule has 10 heteroatoms. The summed E-state index contributed by atoms with van der Waals surface area (Å²) in [5.41, 5.74) is -0.461. The summed E-state index contributed by atoms with van der Waals surface area (Å²) in [5.74, 6) is -0.435. The Morgan fingerprint density at radius 2 is 1.81 bits per heavy atom. The predicted molar refractivity (Wildman–Crippen MR) is 114 cm³/mol. The van der Waals surface area contributed by atoms with Crippen molar-refractivity contribution in [3.8, 4) is 0 Å². The van der Waals surface area contributed by atoms with E-state index in [1.54, 1.807) is 54.8 Å². The monoisotopic (exact) mass is 438 g/mol. The molecule has 2 bridgehead atoms. The number of nitro benzene ring substituents is 1. The van der Waals surface area contributed by atoms with E-state index in [-0.39, 0.29) is 11.7 Å². The molecule has 0 aromatic heterocycles. The normalized spacial score (nSPS) is 24.5. The van der Waals surface area contributed by atoms with Crippen molar-refractivity contribution in [2.75, 3.05) is 11.4 Å². The summed E-state index contributed by atoms with van der Waals surface area (Å²) in [6.45, 7) is 5.63. The summed E-state index contributed by atoms with van der Waals surface area (Å²) in [7, 11) is 0. The Kier molecular flexibility index (Phi) is 4.20. The molecule has 4 amide bonds. The molecule has 2 unspecified atom stereocenters. The van der Waals surface area contributed by atoms with Crippen molar-refractivity contribution in [2.24, 2.45) is 0 Å². The lowest BCUT2D eigenvalue weighted by molar-refractivity contribution is -0.383. The average molecular weight is 438 g/mol. The van der Waals surface area contributed by atoms with E-state index < -0.39 is 40.6 Å². The Morgan fingerprint density at radius 1 is 1.12 bits per heavy atom. The molecule has 3 aliphatic heterocycles. The van der Waals surface area contributed by atoms with Gasteiger partial charge in [-0.3, -0.25) is 14.9 Å². The number of urea groups is 1. The number of benzene rings is 2. The van der Waals surface area contributed by atoms with Gasteiger partial charge in [-0.15, -0.1) is 0 Å². The van der Waals surface area contributed by atoms with Crippen molar-refractivity contribution in [1.29, 1.82) is 0 Å². The Balaban J connectivity index is 1.51. The van der Waals surface area contributed by atoms with Crippen LogP contribution in [0.4, 0.5) is 21.0 Å². The smallest absolute Gasteiger partial charge is 0.410 e. The number of fused-ring (bicyclic) bond motifs is 6. The van der Waals surface area contributed by atoms with E-state index in [9.17, 15) is 24.5 Å². The highest BCUT2D eigenvalue weighted by molar-refractivity contribution is 6.25. The van der Waals surface area contributed by atoms with Crippen LogP contribution in [0, 0.1) is 10.1 Å². The highest BCUT2D eigenvalue weighted by atomic mass is 16.6. The molecule has 3 heterocycles. The largest absolute Gasteiger partial charge is 0.444 e. The first-order chi connectivity index (χ1) is 15.1. The highest BCUT2D eigenvalue weighted by Gasteiger charge is 2.63. The van der Waals surface area contributed by atoms with E-state index in [2.05, 4.69) is 0 Å². The fourth-order valence-electron chi connectivity index (χ4n) is 5.03. The maximum atomic E-state index is 13.5. The van der Waals surface area contributed by atoms with E-state index in [1.165, 1.54) is 12.1 Å². The number of ether oxygens (including phenoxy) is 1. The van der Waals surface area contributed by atoms with Crippen LogP contribution >= 0.6 is 0 Å². The number of carbonyl (C=O) groups is 3. The van der Waals surface area contributed by atoms with Gasteiger partial charge in [0.15, 0.2) is 0 Å². The van der Waals surface area contributed by atoms with Gasteiger partial charge in [0.05, 0.1) is 28.1 Å². The van der Waals surface area contributed by atoms with E-state index in [0.717, 1.165) is 4.90 Å². The Morgan fingerprint density at radius 3 is 2.47 bits per heavy atom. The minimum atomic E-state index is -0.789. The third-order valence-corrected chi connectivity index (χ3v) is 6.21. The zero-order valence-electron chi connectivity index (χ0n) is 17.8. The molecule has 0 radical (unpaired) electrons. The molecular weight excluding hydrogens is 416 g/mol. The summed E-state index contributed by atoms with van der Waals surface area (Å²) >= 11 is 0. The molecule has 0 aliphatic carbocycles. The average Bonchev–Trinajstić information content (AvgIpc) is 3.37. The summed E-state index contributed by atoms with van der Waals surface area (Å²) in [6.07, 6.45) is 0.0279. The van der Waals surface area contributed by atoms with Crippen LogP contribution < -0.4 is 4.90 Å². The lowest BCUT2D eigenvalue weighted by atomic mass is 10.0. The predicted octanol–water partition coefficient (Wildman–Crippen LogP) is 3.28. The minimum absolute atomic E-state index is 0.0971. The van der Waals surface area contributed by atoms with Crippen LogP contribution in [-0.2, 0) is 9.53 Å². The van der Waals surface area contributed by atoms with Crippen molar-refractivity contribution >= 4 is 40.2 Å². The Labute approximate surface area is 183 Å². The fraction of sp³-hybridized carbons (Fsp3) is 0.409. The maximum Gasteiger partial charge on any atom is 0.410 e. The lowest BCUT2D eigenvalue weighted by Gasteiger charge is -2.35. The van der Waals surface area contributed by atoms with Crippen molar-refractivity contribution in [3.63, 3.8) is 0 Å². The molecule has 3 atom stereocenters. The summed E-state index contributed by atoms with van der Waals surface area (Å²) in [6, 6.07) is 7.39. The number of piperazine rings is 1. The molecule has 166 valence electrons. The van der Waals surface area contributed by atoms with Gasteiger partial charge < -0.3 is 14.5 Å². The van der Waals surface area contributed by atoms with Crippen LogP contribution in [0.15, 0.2) is 36.4 Å². The molecule has 2 aromatic carbocycles. The van der Waals surface area contributed by atoms with Gasteiger partial charge in [-0.25, -0.2) is 14.5 Å². The summed E-state index contributed by atoms with van der Waals surface area (Å²) < 4.78 is 5.48. The molecule has 32 heavy (non-hydrogen) atoms. The number of carbonyl (C=O) groups excluding carboxylic acids is 3. The van der Waals surface area contributed by atoms with Gasteiger partial charge in [0.25, 0.3) is 11.6 Å². The first-order valence-corrected chi connectivity index (χ1v) is 10.4. The first-order valence-electron chi connectivity index (χ1n) is 10.4. The second-order valence-electron chi connectivity index (χ2n) is 9.30. The highest BCUT2D eigenvalue weighted by Crippen LogP contribution is 2.44. The van der Waals surface area contributed by atoms with Crippen molar-refractivity contribution in [1.82, 2.24) is 9.80 Å².